The van der Waals surface area contributed by atoms with Gasteiger partial charge in [-0.2, -0.15) is 0 Å². The standard InChI is InChI=1S/C19H44O3Si2/c1-7-12-21-13-9-8-11-19(20)18-22-14-10-15-24(5,6)17-16-23(2,3)4/h19-20H,7-18H2,1-6H3. The highest BCUT2D eigenvalue weighted by molar-refractivity contribution is 6.82. The molecule has 0 aliphatic carbocycles. The first-order chi connectivity index (χ1) is 11.2. The van der Waals surface area contributed by atoms with Gasteiger partial charge in [0.15, 0.2) is 0 Å². The number of rotatable bonds is 16. The van der Waals surface area contributed by atoms with Gasteiger partial charge in [-0.05, 0) is 32.1 Å². The van der Waals surface area contributed by atoms with Crippen LogP contribution in [0.25, 0.3) is 0 Å². The molecule has 1 N–H and O–H groups in total. The summed E-state index contributed by atoms with van der Waals surface area (Å²) in [5.41, 5.74) is 0. The van der Waals surface area contributed by atoms with E-state index in [2.05, 4.69) is 39.7 Å². The molecule has 0 aromatic heterocycles. The van der Waals surface area contributed by atoms with Crippen molar-refractivity contribution in [1.82, 2.24) is 0 Å². The summed E-state index contributed by atoms with van der Waals surface area (Å²) in [6.45, 7) is 17.5. The highest BCUT2D eigenvalue weighted by Gasteiger charge is 2.23. The molecule has 0 aliphatic heterocycles. The first-order valence-electron chi connectivity index (χ1n) is 10.00. The van der Waals surface area contributed by atoms with Gasteiger partial charge in [0.05, 0.1) is 12.7 Å². The molecular formula is C19H44O3Si2. The van der Waals surface area contributed by atoms with Crippen molar-refractivity contribution >= 4 is 16.1 Å². The zero-order valence-electron chi connectivity index (χ0n) is 17.3. The van der Waals surface area contributed by atoms with E-state index in [1.165, 1.54) is 18.1 Å². The number of hydrogen-bond acceptors (Lipinski definition) is 3. The lowest BCUT2D eigenvalue weighted by atomic mass is 10.2. The van der Waals surface area contributed by atoms with Gasteiger partial charge in [0.2, 0.25) is 0 Å². The Morgan fingerprint density at radius 3 is 2.08 bits per heavy atom. The van der Waals surface area contributed by atoms with Crippen molar-refractivity contribution in [1.29, 1.82) is 0 Å². The molecule has 0 saturated carbocycles. The minimum atomic E-state index is -1.05. The van der Waals surface area contributed by atoms with E-state index in [1.807, 2.05) is 0 Å². The minimum Gasteiger partial charge on any atom is -0.391 e. The summed E-state index contributed by atoms with van der Waals surface area (Å²) < 4.78 is 11.1. The van der Waals surface area contributed by atoms with Crippen LogP contribution in [-0.4, -0.2) is 53.8 Å². The Labute approximate surface area is 153 Å². The average molecular weight is 377 g/mol. The number of ether oxygens (including phenoxy) is 2. The summed E-state index contributed by atoms with van der Waals surface area (Å²) in [6, 6.07) is 4.28. The van der Waals surface area contributed by atoms with Crippen molar-refractivity contribution in [3.8, 4) is 0 Å². The molecule has 0 aromatic rings. The average Bonchev–Trinajstić information content (AvgIpc) is 2.48. The zero-order chi connectivity index (χ0) is 18.5. The SMILES string of the molecule is CCCOCCCCC(O)COCCC[Si](C)(C)CC[Si](C)(C)C. The van der Waals surface area contributed by atoms with Crippen LogP contribution in [0.1, 0.15) is 39.0 Å². The van der Waals surface area contributed by atoms with Gasteiger partial charge in [0.25, 0.3) is 0 Å². The summed E-state index contributed by atoms with van der Waals surface area (Å²) in [7, 11) is -1.95. The maximum absolute atomic E-state index is 9.93. The van der Waals surface area contributed by atoms with Gasteiger partial charge >= 0.3 is 0 Å². The summed E-state index contributed by atoms with van der Waals surface area (Å²) in [5, 5.41) is 9.93. The molecule has 5 heteroatoms. The molecule has 3 nitrogen and oxygen atoms in total. The van der Waals surface area contributed by atoms with E-state index in [1.54, 1.807) is 0 Å². The first-order valence-corrected chi connectivity index (χ1v) is 17.1. The van der Waals surface area contributed by atoms with Crippen LogP contribution in [0.3, 0.4) is 0 Å². The minimum absolute atomic E-state index is 0.312. The van der Waals surface area contributed by atoms with Gasteiger partial charge < -0.3 is 14.6 Å². The second-order valence-corrected chi connectivity index (χ2v) is 20.1. The summed E-state index contributed by atoms with van der Waals surface area (Å²) in [4.78, 5) is 0. The molecule has 0 aromatic carbocycles. The molecule has 0 rings (SSSR count). The Hall–Kier alpha value is 0.314. The van der Waals surface area contributed by atoms with E-state index in [0.717, 1.165) is 51.9 Å². The lowest BCUT2D eigenvalue weighted by Crippen LogP contribution is -2.30. The molecule has 24 heavy (non-hydrogen) atoms. The second-order valence-electron chi connectivity index (χ2n) is 9.17. The molecule has 0 radical (unpaired) electrons. The zero-order valence-corrected chi connectivity index (χ0v) is 19.3. The van der Waals surface area contributed by atoms with Crippen LogP contribution in [0.5, 0.6) is 0 Å². The fourth-order valence-electron chi connectivity index (χ4n) is 2.62. The molecule has 1 unspecified atom stereocenters. The van der Waals surface area contributed by atoms with Gasteiger partial charge in [-0.1, -0.05) is 57.8 Å². The Balaban J connectivity index is 3.53. The van der Waals surface area contributed by atoms with Crippen molar-refractivity contribution < 1.29 is 14.6 Å². The summed E-state index contributed by atoms with van der Waals surface area (Å²) >= 11 is 0. The van der Waals surface area contributed by atoms with Gasteiger partial charge in [0.1, 0.15) is 0 Å². The predicted molar refractivity (Wildman–Crippen MR) is 112 cm³/mol. The topological polar surface area (TPSA) is 38.7 Å². The fraction of sp³-hybridized carbons (Fsp3) is 1.00. The van der Waals surface area contributed by atoms with Crippen molar-refractivity contribution in [2.75, 3.05) is 26.4 Å². The Kier molecular flexibility index (Phi) is 13.7. The Morgan fingerprint density at radius 2 is 1.46 bits per heavy atom. The maximum Gasteiger partial charge on any atom is 0.0773 e. The van der Waals surface area contributed by atoms with E-state index in [4.69, 9.17) is 9.47 Å². The third-order valence-electron chi connectivity index (χ3n) is 4.43. The third kappa shape index (κ3) is 17.1. The molecule has 1 atom stereocenters. The fourth-order valence-corrected chi connectivity index (χ4v) is 9.68. The van der Waals surface area contributed by atoms with Crippen molar-refractivity contribution in [3.63, 3.8) is 0 Å². The van der Waals surface area contributed by atoms with Gasteiger partial charge in [-0.3, -0.25) is 0 Å². The van der Waals surface area contributed by atoms with Crippen LogP contribution in [0, 0.1) is 0 Å². The van der Waals surface area contributed by atoms with Crippen molar-refractivity contribution in [2.24, 2.45) is 0 Å². The van der Waals surface area contributed by atoms with Crippen LogP contribution in [0.4, 0.5) is 0 Å². The molecule has 0 bridgehead atoms. The van der Waals surface area contributed by atoms with E-state index >= 15 is 0 Å². The monoisotopic (exact) mass is 376 g/mol. The maximum atomic E-state index is 9.93. The lowest BCUT2D eigenvalue weighted by Gasteiger charge is -2.26. The van der Waals surface area contributed by atoms with Gasteiger partial charge in [-0.15, -0.1) is 0 Å². The number of aliphatic hydroxyl groups excluding tert-OH is 1. The second kappa shape index (κ2) is 13.5. The predicted octanol–water partition coefficient (Wildman–Crippen LogP) is 5.40. The van der Waals surface area contributed by atoms with Crippen LogP contribution in [0.15, 0.2) is 0 Å². The van der Waals surface area contributed by atoms with Crippen LogP contribution in [0.2, 0.25) is 50.9 Å². The molecule has 0 heterocycles. The van der Waals surface area contributed by atoms with Crippen LogP contribution in [-0.2, 0) is 9.47 Å². The Morgan fingerprint density at radius 1 is 0.792 bits per heavy atom. The quantitative estimate of drug-likeness (QED) is 0.289. The molecule has 146 valence electrons. The third-order valence-corrected chi connectivity index (χ3v) is 9.99. The highest BCUT2D eigenvalue weighted by atomic mass is 28.3. The van der Waals surface area contributed by atoms with Crippen LogP contribution < -0.4 is 0 Å². The molecular weight excluding hydrogens is 332 g/mol. The van der Waals surface area contributed by atoms with E-state index in [0.29, 0.717) is 6.61 Å². The first kappa shape index (κ1) is 24.3. The summed E-state index contributed by atoms with van der Waals surface area (Å²) in [5.74, 6) is 0. The van der Waals surface area contributed by atoms with Crippen molar-refractivity contribution in [2.45, 2.75) is 96.0 Å². The molecule has 0 saturated heterocycles. The van der Waals surface area contributed by atoms with E-state index < -0.39 is 16.1 Å². The lowest BCUT2D eigenvalue weighted by molar-refractivity contribution is 0.0300. The van der Waals surface area contributed by atoms with Crippen molar-refractivity contribution in [3.05, 3.63) is 0 Å². The largest absolute Gasteiger partial charge is 0.391 e. The molecule has 0 aliphatic rings. The number of hydrogen-bond donors (Lipinski definition) is 1. The highest BCUT2D eigenvalue weighted by Crippen LogP contribution is 2.24. The Bertz CT molecular complexity index is 291. The normalized spacial score (nSPS) is 14.1. The van der Waals surface area contributed by atoms with E-state index in [9.17, 15) is 5.11 Å². The van der Waals surface area contributed by atoms with Gasteiger partial charge in [-0.25, -0.2) is 0 Å². The smallest absolute Gasteiger partial charge is 0.0773 e. The number of unbranched alkanes of at least 4 members (excludes halogenated alkanes) is 1. The molecule has 0 amide bonds. The van der Waals surface area contributed by atoms with Crippen LogP contribution >= 0.6 is 0 Å². The number of aliphatic hydroxyl groups is 1. The van der Waals surface area contributed by atoms with Gasteiger partial charge in [0, 0.05) is 36.0 Å². The molecule has 0 spiro atoms. The summed E-state index contributed by atoms with van der Waals surface area (Å²) in [6.07, 6.45) is 4.80. The molecule has 0 fully saturated rings. The van der Waals surface area contributed by atoms with E-state index in [-0.39, 0.29) is 6.10 Å².